The summed E-state index contributed by atoms with van der Waals surface area (Å²) in [5.74, 6) is -1.09. The molecule has 1 unspecified atom stereocenters. The minimum absolute atomic E-state index is 0.0824. The van der Waals surface area contributed by atoms with Crippen molar-refractivity contribution in [2.24, 2.45) is 11.1 Å². The summed E-state index contributed by atoms with van der Waals surface area (Å²) in [6, 6.07) is 8.13. The molecular weight excluding hydrogens is 414 g/mol. The summed E-state index contributed by atoms with van der Waals surface area (Å²) in [4.78, 5) is 41.9. The third kappa shape index (κ3) is 3.96. The molecule has 152 valence electrons. The molecule has 1 atom stereocenters. The standard InChI is InChI=1S/C19H19N3O5S2/c20-29(26,27)15-7-5-13(6-8-15)22-17(23)10-16(19(22)25)21(18(24)12-3-4-12)11-14-2-1-9-28-14/h1-2,5-9,12,16H,3-4,10-11H2,(H2,20,26,27). The molecule has 1 aromatic carbocycles. The lowest BCUT2D eigenvalue weighted by Crippen LogP contribution is -2.45. The van der Waals surface area contributed by atoms with E-state index in [0.29, 0.717) is 0 Å². The third-order valence-corrected chi connectivity index (χ3v) is 6.83. The molecule has 8 nitrogen and oxygen atoms in total. The maximum absolute atomic E-state index is 13.1. The molecule has 1 aliphatic carbocycles. The monoisotopic (exact) mass is 433 g/mol. The Morgan fingerprint density at radius 3 is 2.41 bits per heavy atom. The maximum Gasteiger partial charge on any atom is 0.257 e. The Morgan fingerprint density at radius 1 is 1.17 bits per heavy atom. The Kier molecular flexibility index (Phi) is 5.01. The van der Waals surface area contributed by atoms with Gasteiger partial charge in [0.1, 0.15) is 6.04 Å². The molecule has 0 spiro atoms. The van der Waals surface area contributed by atoms with Crippen LogP contribution >= 0.6 is 11.3 Å². The van der Waals surface area contributed by atoms with Gasteiger partial charge in [-0.1, -0.05) is 6.07 Å². The van der Waals surface area contributed by atoms with E-state index in [1.54, 1.807) is 0 Å². The van der Waals surface area contributed by atoms with E-state index < -0.39 is 27.9 Å². The lowest BCUT2D eigenvalue weighted by molar-refractivity contribution is -0.140. The second-order valence-electron chi connectivity index (χ2n) is 7.15. The van der Waals surface area contributed by atoms with Gasteiger partial charge in [0.2, 0.25) is 21.8 Å². The van der Waals surface area contributed by atoms with Gasteiger partial charge < -0.3 is 4.90 Å². The summed E-state index contributed by atoms with van der Waals surface area (Å²) in [7, 11) is -3.88. The minimum atomic E-state index is -3.88. The van der Waals surface area contributed by atoms with E-state index in [1.807, 2.05) is 17.5 Å². The van der Waals surface area contributed by atoms with Crippen LogP contribution in [0.3, 0.4) is 0 Å². The molecule has 0 bridgehead atoms. The van der Waals surface area contributed by atoms with Crippen molar-refractivity contribution in [3.05, 3.63) is 46.7 Å². The van der Waals surface area contributed by atoms with Gasteiger partial charge in [0.25, 0.3) is 5.91 Å². The van der Waals surface area contributed by atoms with Gasteiger partial charge in [-0.2, -0.15) is 0 Å². The van der Waals surface area contributed by atoms with Crippen LogP contribution in [0.25, 0.3) is 0 Å². The summed E-state index contributed by atoms with van der Waals surface area (Å²) in [5, 5.41) is 6.99. The number of hydrogen-bond donors (Lipinski definition) is 1. The van der Waals surface area contributed by atoms with Crippen LogP contribution in [-0.4, -0.2) is 37.1 Å². The zero-order valence-electron chi connectivity index (χ0n) is 15.4. The molecule has 2 heterocycles. The van der Waals surface area contributed by atoms with E-state index in [-0.39, 0.29) is 35.4 Å². The highest BCUT2D eigenvalue weighted by Crippen LogP contribution is 2.35. The number of nitrogens with zero attached hydrogens (tertiary/aromatic N) is 2. The molecule has 1 saturated carbocycles. The number of anilines is 1. The number of carbonyl (C=O) groups excluding carboxylic acids is 3. The van der Waals surface area contributed by atoms with E-state index in [0.717, 1.165) is 22.6 Å². The highest BCUT2D eigenvalue weighted by Gasteiger charge is 2.46. The Balaban J connectivity index is 1.60. The summed E-state index contributed by atoms with van der Waals surface area (Å²) >= 11 is 1.49. The van der Waals surface area contributed by atoms with Gasteiger partial charge in [-0.3, -0.25) is 14.4 Å². The highest BCUT2D eigenvalue weighted by molar-refractivity contribution is 7.89. The zero-order chi connectivity index (χ0) is 20.8. The molecule has 4 rings (SSSR count). The number of nitrogens with two attached hydrogens (primary N) is 1. The largest absolute Gasteiger partial charge is 0.325 e. The molecule has 1 saturated heterocycles. The Bertz CT molecular complexity index is 1060. The second kappa shape index (κ2) is 7.36. The lowest BCUT2D eigenvalue weighted by atomic mass is 10.1. The molecular formula is C19H19N3O5S2. The fraction of sp³-hybridized carbons (Fsp3) is 0.316. The predicted octanol–water partition coefficient (Wildman–Crippen LogP) is 1.47. The van der Waals surface area contributed by atoms with Gasteiger partial charge in [-0.25, -0.2) is 18.5 Å². The zero-order valence-corrected chi connectivity index (χ0v) is 17.0. The SMILES string of the molecule is NS(=O)(=O)c1ccc(N2C(=O)CC(N(Cc3cccs3)C(=O)C3CC3)C2=O)cc1. The van der Waals surface area contributed by atoms with Crippen molar-refractivity contribution in [3.8, 4) is 0 Å². The van der Waals surface area contributed by atoms with Crippen LogP contribution in [0.4, 0.5) is 5.69 Å². The number of amides is 3. The van der Waals surface area contributed by atoms with Crippen LogP contribution in [0.1, 0.15) is 24.1 Å². The smallest absolute Gasteiger partial charge is 0.257 e. The van der Waals surface area contributed by atoms with Crippen molar-refractivity contribution in [3.63, 3.8) is 0 Å². The quantitative estimate of drug-likeness (QED) is 0.692. The summed E-state index contributed by atoms with van der Waals surface area (Å²) < 4.78 is 22.8. The fourth-order valence-electron chi connectivity index (χ4n) is 3.39. The average Bonchev–Trinajstić information content (AvgIpc) is 3.32. The number of benzene rings is 1. The molecule has 0 radical (unpaired) electrons. The van der Waals surface area contributed by atoms with Gasteiger partial charge in [0.05, 0.1) is 23.5 Å². The number of primary sulfonamides is 1. The maximum atomic E-state index is 13.1. The van der Waals surface area contributed by atoms with Crippen molar-refractivity contribution in [1.29, 1.82) is 0 Å². The summed E-state index contributed by atoms with van der Waals surface area (Å²) in [6.45, 7) is 0.287. The van der Waals surface area contributed by atoms with Crippen molar-refractivity contribution in [2.75, 3.05) is 4.90 Å². The highest BCUT2D eigenvalue weighted by atomic mass is 32.2. The Morgan fingerprint density at radius 2 is 1.86 bits per heavy atom. The molecule has 1 aliphatic heterocycles. The number of rotatable bonds is 6. The number of thiophene rings is 1. The molecule has 2 aromatic rings. The van der Waals surface area contributed by atoms with Crippen LogP contribution < -0.4 is 10.0 Å². The molecule has 2 aliphatic rings. The van der Waals surface area contributed by atoms with E-state index in [1.165, 1.54) is 40.5 Å². The summed E-state index contributed by atoms with van der Waals surface area (Å²) in [6.07, 6.45) is 1.50. The van der Waals surface area contributed by atoms with Gasteiger partial charge in [-0.15, -0.1) is 11.3 Å². The Labute approximate surface area is 172 Å². The predicted molar refractivity (Wildman–Crippen MR) is 106 cm³/mol. The number of hydrogen-bond acceptors (Lipinski definition) is 6. The van der Waals surface area contributed by atoms with E-state index in [2.05, 4.69) is 0 Å². The molecule has 10 heteroatoms. The lowest BCUT2D eigenvalue weighted by Gasteiger charge is -2.27. The third-order valence-electron chi connectivity index (χ3n) is 5.04. The molecule has 2 fully saturated rings. The van der Waals surface area contributed by atoms with Crippen LogP contribution in [0.5, 0.6) is 0 Å². The number of imide groups is 1. The first-order valence-corrected chi connectivity index (χ1v) is 11.5. The van der Waals surface area contributed by atoms with Crippen molar-refractivity contribution in [2.45, 2.75) is 36.7 Å². The van der Waals surface area contributed by atoms with Crippen molar-refractivity contribution >= 4 is 44.8 Å². The second-order valence-corrected chi connectivity index (χ2v) is 9.74. The van der Waals surface area contributed by atoms with E-state index >= 15 is 0 Å². The average molecular weight is 434 g/mol. The van der Waals surface area contributed by atoms with Gasteiger partial charge in [0, 0.05) is 10.8 Å². The number of sulfonamides is 1. The molecule has 2 N–H and O–H groups in total. The topological polar surface area (TPSA) is 118 Å². The minimum Gasteiger partial charge on any atom is -0.325 e. The van der Waals surface area contributed by atoms with Crippen LogP contribution in [0.15, 0.2) is 46.7 Å². The van der Waals surface area contributed by atoms with Crippen LogP contribution in [0.2, 0.25) is 0 Å². The van der Waals surface area contributed by atoms with Gasteiger partial charge in [-0.05, 0) is 48.6 Å². The van der Waals surface area contributed by atoms with Gasteiger partial charge in [0.15, 0.2) is 0 Å². The molecule has 29 heavy (non-hydrogen) atoms. The van der Waals surface area contributed by atoms with Crippen LogP contribution in [-0.2, 0) is 31.0 Å². The molecule has 3 amide bonds. The van der Waals surface area contributed by atoms with Crippen molar-refractivity contribution < 1.29 is 22.8 Å². The van der Waals surface area contributed by atoms with E-state index in [4.69, 9.17) is 5.14 Å². The van der Waals surface area contributed by atoms with E-state index in [9.17, 15) is 22.8 Å². The first-order valence-electron chi connectivity index (χ1n) is 9.08. The van der Waals surface area contributed by atoms with Crippen LogP contribution in [0, 0.1) is 5.92 Å². The van der Waals surface area contributed by atoms with Crippen molar-refractivity contribution in [1.82, 2.24) is 4.90 Å². The first-order chi connectivity index (χ1) is 13.8. The fourth-order valence-corrected chi connectivity index (χ4v) is 4.61. The summed E-state index contributed by atoms with van der Waals surface area (Å²) in [5.41, 5.74) is 0.254. The Hall–Kier alpha value is -2.56. The number of carbonyl (C=O) groups is 3. The molecule has 1 aromatic heterocycles. The van der Waals surface area contributed by atoms with Gasteiger partial charge >= 0.3 is 0 Å². The first kappa shape index (κ1) is 19.7. The normalized spacial score (nSPS) is 19.6.